The van der Waals surface area contributed by atoms with Crippen LogP contribution in [0.15, 0.2) is 17.0 Å². The second-order valence-electron chi connectivity index (χ2n) is 4.41. The van der Waals surface area contributed by atoms with Crippen molar-refractivity contribution in [3.05, 3.63) is 22.7 Å². The number of hydrogen-bond acceptors (Lipinski definition) is 3. The number of likely N-dealkylation sites (N-methyl/N-ethyl adjacent to an activating group) is 1. The van der Waals surface area contributed by atoms with Gasteiger partial charge in [-0.3, -0.25) is 0 Å². The van der Waals surface area contributed by atoms with Crippen molar-refractivity contribution in [3.8, 4) is 0 Å². The molecule has 0 amide bonds. The number of nitrogens with one attached hydrogen (secondary N) is 1. The molecule has 0 saturated carbocycles. The second-order valence-corrected chi connectivity index (χ2v) is 5.26. The lowest BCUT2D eigenvalue weighted by Crippen LogP contribution is -2.32. The van der Waals surface area contributed by atoms with Crippen LogP contribution < -0.4 is 5.32 Å². The summed E-state index contributed by atoms with van der Waals surface area (Å²) in [6.45, 7) is 7.64. The molecule has 1 rings (SSSR count). The van der Waals surface area contributed by atoms with Gasteiger partial charge in [-0.05, 0) is 34.8 Å². The average molecular weight is 286 g/mol. The standard InChI is InChI=1S/C12H20BrN3/c1-4-15-10(5-9(2)3)6-12-11(13)7-14-8-16-12/h7-10,15H,4-6H2,1-3H3. The third kappa shape index (κ3) is 4.58. The Morgan fingerprint density at radius 3 is 2.75 bits per heavy atom. The molecule has 1 heterocycles. The number of nitrogens with zero attached hydrogens (tertiary/aromatic N) is 2. The lowest BCUT2D eigenvalue weighted by Gasteiger charge is -2.19. The van der Waals surface area contributed by atoms with Crippen molar-refractivity contribution in [1.82, 2.24) is 15.3 Å². The molecule has 1 aromatic rings. The van der Waals surface area contributed by atoms with Crippen molar-refractivity contribution in [1.29, 1.82) is 0 Å². The van der Waals surface area contributed by atoms with E-state index in [9.17, 15) is 0 Å². The van der Waals surface area contributed by atoms with E-state index in [1.165, 1.54) is 6.42 Å². The normalized spacial score (nSPS) is 13.1. The van der Waals surface area contributed by atoms with Crippen LogP contribution in [0.25, 0.3) is 0 Å². The Morgan fingerprint density at radius 1 is 1.44 bits per heavy atom. The lowest BCUT2D eigenvalue weighted by atomic mass is 9.99. The quantitative estimate of drug-likeness (QED) is 0.874. The van der Waals surface area contributed by atoms with Crippen LogP contribution in [0.3, 0.4) is 0 Å². The molecular formula is C12H20BrN3. The van der Waals surface area contributed by atoms with Crippen LogP contribution in [-0.2, 0) is 6.42 Å². The van der Waals surface area contributed by atoms with Gasteiger partial charge in [-0.25, -0.2) is 9.97 Å². The van der Waals surface area contributed by atoms with Crippen LogP contribution in [0.1, 0.15) is 32.9 Å². The lowest BCUT2D eigenvalue weighted by molar-refractivity contribution is 0.420. The molecule has 16 heavy (non-hydrogen) atoms. The van der Waals surface area contributed by atoms with Gasteiger partial charge >= 0.3 is 0 Å². The van der Waals surface area contributed by atoms with Gasteiger partial charge in [0.15, 0.2) is 0 Å². The average Bonchev–Trinajstić information content (AvgIpc) is 2.21. The molecule has 0 saturated heterocycles. The van der Waals surface area contributed by atoms with Crippen LogP contribution in [0.2, 0.25) is 0 Å². The molecule has 0 aliphatic rings. The van der Waals surface area contributed by atoms with Crippen LogP contribution in [-0.4, -0.2) is 22.6 Å². The molecule has 90 valence electrons. The Bertz CT molecular complexity index is 315. The largest absolute Gasteiger partial charge is 0.314 e. The molecule has 0 bridgehead atoms. The van der Waals surface area contributed by atoms with Crippen LogP contribution >= 0.6 is 15.9 Å². The van der Waals surface area contributed by atoms with E-state index in [0.29, 0.717) is 12.0 Å². The van der Waals surface area contributed by atoms with E-state index < -0.39 is 0 Å². The summed E-state index contributed by atoms with van der Waals surface area (Å²) in [6.07, 6.45) is 5.54. The van der Waals surface area contributed by atoms with E-state index >= 15 is 0 Å². The predicted octanol–water partition coefficient (Wildman–Crippen LogP) is 2.81. The van der Waals surface area contributed by atoms with Gasteiger partial charge in [0.1, 0.15) is 6.33 Å². The summed E-state index contributed by atoms with van der Waals surface area (Å²) < 4.78 is 1.00. The van der Waals surface area contributed by atoms with E-state index in [0.717, 1.165) is 23.1 Å². The summed E-state index contributed by atoms with van der Waals surface area (Å²) >= 11 is 3.49. The van der Waals surface area contributed by atoms with E-state index in [4.69, 9.17) is 0 Å². The Hall–Kier alpha value is -0.480. The van der Waals surface area contributed by atoms with Crippen LogP contribution in [0.5, 0.6) is 0 Å². The smallest absolute Gasteiger partial charge is 0.115 e. The van der Waals surface area contributed by atoms with Crippen molar-refractivity contribution in [2.75, 3.05) is 6.54 Å². The molecule has 0 aliphatic heterocycles. The maximum absolute atomic E-state index is 4.31. The van der Waals surface area contributed by atoms with Gasteiger partial charge in [-0.15, -0.1) is 0 Å². The van der Waals surface area contributed by atoms with Gasteiger partial charge in [0.2, 0.25) is 0 Å². The molecule has 0 aromatic carbocycles. The monoisotopic (exact) mass is 285 g/mol. The fourth-order valence-electron chi connectivity index (χ4n) is 1.82. The molecule has 3 nitrogen and oxygen atoms in total. The minimum atomic E-state index is 0.496. The first-order chi connectivity index (χ1) is 7.63. The molecule has 0 spiro atoms. The molecular weight excluding hydrogens is 266 g/mol. The molecule has 1 atom stereocenters. The van der Waals surface area contributed by atoms with Crippen molar-refractivity contribution < 1.29 is 0 Å². The van der Waals surface area contributed by atoms with Gasteiger partial charge in [0.05, 0.1) is 10.2 Å². The SMILES string of the molecule is CCNC(Cc1ncncc1Br)CC(C)C. The number of aromatic nitrogens is 2. The summed E-state index contributed by atoms with van der Waals surface area (Å²) in [5.41, 5.74) is 1.08. The zero-order valence-electron chi connectivity index (χ0n) is 10.2. The minimum Gasteiger partial charge on any atom is -0.314 e. The first-order valence-corrected chi connectivity index (χ1v) is 6.60. The third-order valence-electron chi connectivity index (χ3n) is 2.43. The van der Waals surface area contributed by atoms with Crippen molar-refractivity contribution >= 4 is 15.9 Å². The summed E-state index contributed by atoms with van der Waals surface area (Å²) in [7, 11) is 0. The zero-order chi connectivity index (χ0) is 12.0. The molecule has 1 N–H and O–H groups in total. The highest BCUT2D eigenvalue weighted by Gasteiger charge is 2.13. The fraction of sp³-hybridized carbons (Fsp3) is 0.667. The van der Waals surface area contributed by atoms with E-state index in [1.54, 1.807) is 12.5 Å². The molecule has 1 aromatic heterocycles. The first-order valence-electron chi connectivity index (χ1n) is 5.81. The Labute approximate surface area is 106 Å². The minimum absolute atomic E-state index is 0.496. The molecule has 0 fully saturated rings. The Kier molecular flexibility index (Phi) is 5.91. The molecule has 0 radical (unpaired) electrons. The molecule has 4 heteroatoms. The van der Waals surface area contributed by atoms with Gasteiger partial charge in [0.25, 0.3) is 0 Å². The van der Waals surface area contributed by atoms with Gasteiger partial charge in [-0.1, -0.05) is 20.8 Å². The molecule has 0 aliphatic carbocycles. The van der Waals surface area contributed by atoms with E-state index in [1.807, 2.05) is 0 Å². The number of rotatable bonds is 6. The maximum Gasteiger partial charge on any atom is 0.115 e. The van der Waals surface area contributed by atoms with Crippen LogP contribution in [0.4, 0.5) is 0 Å². The fourth-order valence-corrected chi connectivity index (χ4v) is 2.20. The van der Waals surface area contributed by atoms with Gasteiger partial charge in [0, 0.05) is 18.7 Å². The Balaban J connectivity index is 2.64. The number of halogens is 1. The summed E-state index contributed by atoms with van der Waals surface area (Å²) in [6, 6.07) is 0.496. The van der Waals surface area contributed by atoms with E-state index in [2.05, 4.69) is 52.0 Å². The second kappa shape index (κ2) is 6.97. The van der Waals surface area contributed by atoms with Gasteiger partial charge in [-0.2, -0.15) is 0 Å². The number of hydrogen-bond donors (Lipinski definition) is 1. The summed E-state index contributed by atoms with van der Waals surface area (Å²) in [4.78, 5) is 8.29. The molecule has 1 unspecified atom stereocenters. The van der Waals surface area contributed by atoms with Crippen molar-refractivity contribution in [2.24, 2.45) is 5.92 Å². The Morgan fingerprint density at radius 2 is 2.19 bits per heavy atom. The summed E-state index contributed by atoms with van der Waals surface area (Å²) in [5.74, 6) is 0.699. The van der Waals surface area contributed by atoms with E-state index in [-0.39, 0.29) is 0 Å². The summed E-state index contributed by atoms with van der Waals surface area (Å²) in [5, 5.41) is 3.51. The predicted molar refractivity (Wildman–Crippen MR) is 70.4 cm³/mol. The topological polar surface area (TPSA) is 37.8 Å². The first kappa shape index (κ1) is 13.6. The maximum atomic E-state index is 4.31. The van der Waals surface area contributed by atoms with Gasteiger partial charge < -0.3 is 5.32 Å². The highest BCUT2D eigenvalue weighted by Crippen LogP contribution is 2.16. The zero-order valence-corrected chi connectivity index (χ0v) is 11.8. The van der Waals surface area contributed by atoms with Crippen molar-refractivity contribution in [3.63, 3.8) is 0 Å². The highest BCUT2D eigenvalue weighted by molar-refractivity contribution is 9.10. The van der Waals surface area contributed by atoms with Crippen LogP contribution in [0, 0.1) is 5.92 Å². The third-order valence-corrected chi connectivity index (χ3v) is 3.09. The van der Waals surface area contributed by atoms with Crippen molar-refractivity contribution in [2.45, 2.75) is 39.7 Å². The highest BCUT2D eigenvalue weighted by atomic mass is 79.9.